The van der Waals surface area contributed by atoms with Gasteiger partial charge < -0.3 is 9.47 Å². The zero-order valence-corrected chi connectivity index (χ0v) is 17.3. The minimum atomic E-state index is -0.188. The first-order valence-corrected chi connectivity index (χ1v) is 10.2. The highest BCUT2D eigenvalue weighted by Gasteiger charge is 2.41. The molecule has 152 valence electrons. The maximum Gasteiger partial charge on any atom is 0.305 e. The Kier molecular flexibility index (Phi) is 6.93. The lowest BCUT2D eigenvalue weighted by Crippen LogP contribution is -2.16. The van der Waals surface area contributed by atoms with Crippen LogP contribution in [0, 0.1) is 23.7 Å². The fraction of sp³-hybridized carbons (Fsp3) is 0.440. The minimum Gasteiger partial charge on any atom is -0.485 e. The van der Waals surface area contributed by atoms with Crippen LogP contribution in [-0.4, -0.2) is 25.0 Å². The molecule has 1 aromatic carbocycles. The lowest BCUT2D eigenvalue weighted by Gasteiger charge is -2.14. The van der Waals surface area contributed by atoms with Gasteiger partial charge in [-0.3, -0.25) is 9.59 Å². The first-order valence-electron chi connectivity index (χ1n) is 10.2. The smallest absolute Gasteiger partial charge is 0.305 e. The lowest BCUT2D eigenvalue weighted by molar-refractivity contribution is -0.140. The van der Waals surface area contributed by atoms with Gasteiger partial charge in [-0.25, -0.2) is 0 Å². The van der Waals surface area contributed by atoms with E-state index in [0.29, 0.717) is 12.8 Å². The SMILES string of the molecule is CC#CCC(C)C(=O)/C=C/[C@H]1C=C[C@@H]2Oc3c(CCCC(=O)OC)cccc3[C@H]12. The number of para-hydroxylation sites is 1. The van der Waals surface area contributed by atoms with Crippen LogP contribution in [0.15, 0.2) is 42.5 Å². The third kappa shape index (κ3) is 4.79. The Hall–Kier alpha value is -2.80. The second kappa shape index (κ2) is 9.60. The van der Waals surface area contributed by atoms with Crippen molar-refractivity contribution in [3.8, 4) is 17.6 Å². The normalized spacial score (nSPS) is 22.4. The van der Waals surface area contributed by atoms with Crippen LogP contribution < -0.4 is 4.74 Å². The van der Waals surface area contributed by atoms with Gasteiger partial charge in [-0.1, -0.05) is 37.3 Å². The molecule has 0 N–H and O–H groups in total. The number of methoxy groups -OCH3 is 1. The number of carbonyl (C=O) groups excluding carboxylic acids is 2. The van der Waals surface area contributed by atoms with E-state index >= 15 is 0 Å². The summed E-state index contributed by atoms with van der Waals surface area (Å²) >= 11 is 0. The predicted octanol–water partition coefficient (Wildman–Crippen LogP) is 4.39. The Morgan fingerprint density at radius 1 is 1.31 bits per heavy atom. The Balaban J connectivity index is 1.69. The van der Waals surface area contributed by atoms with E-state index in [4.69, 9.17) is 9.47 Å². The van der Waals surface area contributed by atoms with Crippen molar-refractivity contribution in [2.24, 2.45) is 11.8 Å². The number of fused-ring (bicyclic) bond motifs is 3. The zero-order chi connectivity index (χ0) is 20.8. The molecule has 0 aromatic heterocycles. The highest BCUT2D eigenvalue weighted by atomic mass is 16.5. The number of allylic oxidation sites excluding steroid dienone is 3. The van der Waals surface area contributed by atoms with Crippen LogP contribution in [0.3, 0.4) is 0 Å². The van der Waals surface area contributed by atoms with E-state index in [1.54, 1.807) is 13.0 Å². The molecule has 1 aliphatic heterocycles. The zero-order valence-electron chi connectivity index (χ0n) is 17.3. The lowest BCUT2D eigenvalue weighted by atomic mass is 9.86. The number of carbonyl (C=O) groups is 2. The van der Waals surface area contributed by atoms with E-state index in [-0.39, 0.29) is 35.6 Å². The molecule has 0 amide bonds. The van der Waals surface area contributed by atoms with Gasteiger partial charge in [0, 0.05) is 36.2 Å². The largest absolute Gasteiger partial charge is 0.485 e. The van der Waals surface area contributed by atoms with Gasteiger partial charge >= 0.3 is 5.97 Å². The highest BCUT2D eigenvalue weighted by molar-refractivity contribution is 5.91. The van der Waals surface area contributed by atoms with E-state index in [0.717, 1.165) is 24.2 Å². The number of aryl methyl sites for hydroxylation is 1. The van der Waals surface area contributed by atoms with E-state index in [1.807, 2.05) is 19.1 Å². The molecule has 1 aliphatic carbocycles. The second-order valence-corrected chi connectivity index (χ2v) is 7.63. The van der Waals surface area contributed by atoms with Gasteiger partial charge in [0.1, 0.15) is 11.9 Å². The molecule has 0 bridgehead atoms. The molecule has 1 unspecified atom stereocenters. The number of hydrogen-bond acceptors (Lipinski definition) is 4. The van der Waals surface area contributed by atoms with Crippen LogP contribution in [0.5, 0.6) is 5.75 Å². The number of rotatable bonds is 8. The van der Waals surface area contributed by atoms with Crippen molar-refractivity contribution in [1.82, 2.24) is 0 Å². The molecule has 3 rings (SSSR count). The standard InChI is InChI=1S/C25H28O4/c1-4-5-8-17(2)21(26)15-13-18-14-16-22-24(18)20-11-6-9-19(25(20)29-22)10-7-12-23(27)28-3/h6,9,11,13-18,22,24H,7-8,10,12H2,1-3H3/b15-13+/t17?,18-,22-,24-/m0/s1. The third-order valence-electron chi connectivity index (χ3n) is 5.64. The maximum atomic E-state index is 12.3. The summed E-state index contributed by atoms with van der Waals surface area (Å²) < 4.78 is 11.0. The number of benzene rings is 1. The average molecular weight is 392 g/mol. The summed E-state index contributed by atoms with van der Waals surface area (Å²) in [5.41, 5.74) is 2.31. The van der Waals surface area contributed by atoms with Crippen molar-refractivity contribution in [1.29, 1.82) is 0 Å². The van der Waals surface area contributed by atoms with Crippen LogP contribution in [-0.2, 0) is 20.7 Å². The van der Waals surface area contributed by atoms with E-state index in [2.05, 4.69) is 36.1 Å². The molecule has 2 aliphatic rings. The topological polar surface area (TPSA) is 52.6 Å². The second-order valence-electron chi connectivity index (χ2n) is 7.63. The van der Waals surface area contributed by atoms with Crippen LogP contribution in [0.2, 0.25) is 0 Å². The average Bonchev–Trinajstić information content (AvgIpc) is 3.30. The molecule has 0 saturated carbocycles. The fourth-order valence-corrected chi connectivity index (χ4v) is 3.97. The van der Waals surface area contributed by atoms with Gasteiger partial charge in [0.2, 0.25) is 0 Å². The van der Waals surface area contributed by atoms with Crippen molar-refractivity contribution in [2.75, 3.05) is 7.11 Å². The van der Waals surface area contributed by atoms with Gasteiger partial charge in [0.15, 0.2) is 5.78 Å². The summed E-state index contributed by atoms with van der Waals surface area (Å²) in [5.74, 6) is 6.92. The molecule has 0 saturated heterocycles. The van der Waals surface area contributed by atoms with Crippen LogP contribution in [0.25, 0.3) is 0 Å². The van der Waals surface area contributed by atoms with Crippen LogP contribution in [0.1, 0.15) is 50.2 Å². The van der Waals surface area contributed by atoms with E-state index < -0.39 is 0 Å². The van der Waals surface area contributed by atoms with Gasteiger partial charge in [0.05, 0.1) is 7.11 Å². The molecule has 1 aromatic rings. The number of hydrogen-bond donors (Lipinski definition) is 0. The summed E-state index contributed by atoms with van der Waals surface area (Å²) in [6, 6.07) is 6.22. The first kappa shape index (κ1) is 20.9. The first-order chi connectivity index (χ1) is 14.0. The summed E-state index contributed by atoms with van der Waals surface area (Å²) in [7, 11) is 1.41. The summed E-state index contributed by atoms with van der Waals surface area (Å²) in [6.07, 6.45) is 10.4. The Labute approximate surface area is 173 Å². The van der Waals surface area contributed by atoms with Crippen molar-refractivity contribution in [2.45, 2.75) is 51.6 Å². The van der Waals surface area contributed by atoms with Crippen molar-refractivity contribution in [3.63, 3.8) is 0 Å². The Bertz CT molecular complexity index is 884. The van der Waals surface area contributed by atoms with Gasteiger partial charge in [-0.15, -0.1) is 11.8 Å². The van der Waals surface area contributed by atoms with Gasteiger partial charge in [-0.05, 0) is 37.5 Å². The monoisotopic (exact) mass is 392 g/mol. The fourth-order valence-electron chi connectivity index (χ4n) is 3.97. The number of esters is 1. The molecule has 0 radical (unpaired) electrons. The maximum absolute atomic E-state index is 12.3. The highest BCUT2D eigenvalue weighted by Crippen LogP contribution is 2.49. The molecule has 29 heavy (non-hydrogen) atoms. The van der Waals surface area contributed by atoms with Gasteiger partial charge in [0.25, 0.3) is 0 Å². The molecule has 4 atom stereocenters. The Morgan fingerprint density at radius 2 is 2.14 bits per heavy atom. The van der Waals surface area contributed by atoms with Crippen molar-refractivity contribution >= 4 is 11.8 Å². The number of ether oxygens (including phenoxy) is 2. The van der Waals surface area contributed by atoms with Crippen LogP contribution >= 0.6 is 0 Å². The summed E-state index contributed by atoms with van der Waals surface area (Å²) in [6.45, 7) is 3.70. The molecular weight excluding hydrogens is 364 g/mol. The molecule has 4 nitrogen and oxygen atoms in total. The van der Waals surface area contributed by atoms with E-state index in [1.165, 1.54) is 12.7 Å². The third-order valence-corrected chi connectivity index (χ3v) is 5.64. The molecule has 1 heterocycles. The predicted molar refractivity (Wildman–Crippen MR) is 113 cm³/mol. The summed E-state index contributed by atoms with van der Waals surface area (Å²) in [5, 5.41) is 0. The van der Waals surface area contributed by atoms with Gasteiger partial charge in [-0.2, -0.15) is 0 Å². The van der Waals surface area contributed by atoms with E-state index in [9.17, 15) is 9.59 Å². The molecular formula is C25H28O4. The molecule has 0 spiro atoms. The number of ketones is 1. The van der Waals surface area contributed by atoms with Crippen molar-refractivity contribution < 1.29 is 19.1 Å². The Morgan fingerprint density at radius 3 is 2.90 bits per heavy atom. The van der Waals surface area contributed by atoms with Crippen LogP contribution in [0.4, 0.5) is 0 Å². The minimum absolute atomic E-state index is 0.000101. The molecule has 4 heteroatoms. The quantitative estimate of drug-likeness (QED) is 0.285. The summed E-state index contributed by atoms with van der Waals surface area (Å²) in [4.78, 5) is 23.7. The molecule has 0 fully saturated rings. The van der Waals surface area contributed by atoms with Crippen molar-refractivity contribution in [3.05, 3.63) is 53.6 Å².